The summed E-state index contributed by atoms with van der Waals surface area (Å²) in [6.07, 6.45) is 1.30. The first-order valence-electron chi connectivity index (χ1n) is 5.71. The molecular weight excluding hydrogens is 246 g/mol. The number of hydrogen-bond donors (Lipinski definition) is 2. The minimum atomic E-state index is -0.492. The van der Waals surface area contributed by atoms with E-state index in [0.717, 1.165) is 5.56 Å². The van der Waals surface area contributed by atoms with Crippen molar-refractivity contribution in [2.45, 2.75) is 13.0 Å². The van der Waals surface area contributed by atoms with Crippen LogP contribution in [0.3, 0.4) is 0 Å². The highest BCUT2D eigenvalue weighted by Gasteiger charge is 2.24. The molecule has 2 rings (SSSR count). The van der Waals surface area contributed by atoms with Gasteiger partial charge in [-0.25, -0.2) is 0 Å². The molecule has 4 N–H and O–H groups in total. The molecule has 0 fully saturated rings. The van der Waals surface area contributed by atoms with E-state index in [0.29, 0.717) is 17.1 Å². The van der Waals surface area contributed by atoms with E-state index in [1.54, 1.807) is 32.2 Å². The monoisotopic (exact) mass is 261 g/mol. The van der Waals surface area contributed by atoms with Gasteiger partial charge in [0, 0.05) is 11.6 Å². The molecule has 6 heteroatoms. The fraction of sp³-hybridized carbons (Fsp3) is 0.231. The predicted octanol–water partition coefficient (Wildman–Crippen LogP) is 0.660. The van der Waals surface area contributed by atoms with E-state index in [1.807, 2.05) is 6.07 Å². The van der Waals surface area contributed by atoms with Gasteiger partial charge in [-0.1, -0.05) is 0 Å². The lowest BCUT2D eigenvalue weighted by Crippen LogP contribution is -2.28. The van der Waals surface area contributed by atoms with Crippen molar-refractivity contribution in [3.8, 4) is 11.5 Å². The van der Waals surface area contributed by atoms with Crippen LogP contribution < -0.4 is 20.9 Å². The van der Waals surface area contributed by atoms with E-state index in [2.05, 4.69) is 4.99 Å². The molecule has 100 valence electrons. The lowest BCUT2D eigenvalue weighted by Gasteiger charge is -2.23. The Morgan fingerprint density at radius 2 is 2.16 bits per heavy atom. The van der Waals surface area contributed by atoms with E-state index in [9.17, 15) is 4.79 Å². The third kappa shape index (κ3) is 2.67. The van der Waals surface area contributed by atoms with Crippen molar-refractivity contribution in [2.24, 2.45) is 16.5 Å². The smallest absolute Gasteiger partial charge is 0.279 e. The normalized spacial score (nSPS) is 16.7. The van der Waals surface area contributed by atoms with Crippen molar-refractivity contribution in [1.82, 2.24) is 0 Å². The second kappa shape index (κ2) is 5.01. The number of aliphatic imine (C=N–C) groups is 1. The Morgan fingerprint density at radius 1 is 1.42 bits per heavy atom. The molecule has 1 aliphatic rings. The van der Waals surface area contributed by atoms with Crippen LogP contribution in [0.25, 0.3) is 6.08 Å². The van der Waals surface area contributed by atoms with Crippen LogP contribution in [0.15, 0.2) is 28.8 Å². The lowest BCUT2D eigenvalue weighted by atomic mass is 10.0. The highest BCUT2D eigenvalue weighted by molar-refractivity contribution is 6.05. The van der Waals surface area contributed by atoms with E-state index in [-0.39, 0.29) is 5.96 Å². The average molecular weight is 261 g/mol. The van der Waals surface area contributed by atoms with Gasteiger partial charge in [0.25, 0.3) is 5.91 Å². The topological polar surface area (TPSA) is 99.9 Å². The summed E-state index contributed by atoms with van der Waals surface area (Å²) >= 11 is 0. The number of fused-ring (bicyclic) bond motifs is 1. The van der Waals surface area contributed by atoms with Crippen LogP contribution in [0.2, 0.25) is 0 Å². The number of methoxy groups -OCH3 is 1. The van der Waals surface area contributed by atoms with Gasteiger partial charge in [0.15, 0.2) is 5.96 Å². The first kappa shape index (κ1) is 12.9. The van der Waals surface area contributed by atoms with Crippen molar-refractivity contribution in [3.63, 3.8) is 0 Å². The summed E-state index contributed by atoms with van der Waals surface area (Å²) in [5, 5.41) is 0. The van der Waals surface area contributed by atoms with E-state index in [4.69, 9.17) is 20.9 Å². The zero-order valence-electron chi connectivity index (χ0n) is 10.7. The van der Waals surface area contributed by atoms with Gasteiger partial charge in [-0.3, -0.25) is 4.79 Å². The number of guanidine groups is 1. The third-order valence-corrected chi connectivity index (χ3v) is 2.75. The summed E-state index contributed by atoms with van der Waals surface area (Å²) in [5.74, 6) is 0.596. The summed E-state index contributed by atoms with van der Waals surface area (Å²) in [5.41, 5.74) is 11.6. The van der Waals surface area contributed by atoms with E-state index < -0.39 is 12.0 Å². The molecule has 1 unspecified atom stereocenters. The minimum Gasteiger partial charge on any atom is -0.497 e. The lowest BCUT2D eigenvalue weighted by molar-refractivity contribution is -0.115. The summed E-state index contributed by atoms with van der Waals surface area (Å²) in [6.45, 7) is 1.76. The van der Waals surface area contributed by atoms with Gasteiger partial charge in [-0.2, -0.15) is 4.99 Å². The molecule has 1 heterocycles. The van der Waals surface area contributed by atoms with Crippen LogP contribution >= 0.6 is 0 Å². The van der Waals surface area contributed by atoms with Gasteiger partial charge >= 0.3 is 0 Å². The minimum absolute atomic E-state index is 0.265. The van der Waals surface area contributed by atoms with Crippen LogP contribution in [0.4, 0.5) is 0 Å². The van der Waals surface area contributed by atoms with Gasteiger partial charge in [0.1, 0.15) is 17.6 Å². The van der Waals surface area contributed by atoms with Crippen LogP contribution in [-0.4, -0.2) is 25.1 Å². The molecule has 0 aromatic heterocycles. The van der Waals surface area contributed by atoms with Crippen LogP contribution in [0.5, 0.6) is 11.5 Å². The average Bonchev–Trinajstić information content (AvgIpc) is 2.36. The molecular formula is C13H15N3O3. The van der Waals surface area contributed by atoms with Crippen molar-refractivity contribution in [1.29, 1.82) is 0 Å². The fourth-order valence-electron chi connectivity index (χ4n) is 1.82. The zero-order chi connectivity index (χ0) is 14.0. The Labute approximate surface area is 110 Å². The molecule has 1 aromatic carbocycles. The predicted molar refractivity (Wildman–Crippen MR) is 71.9 cm³/mol. The van der Waals surface area contributed by atoms with Crippen molar-refractivity contribution in [2.75, 3.05) is 7.11 Å². The maximum Gasteiger partial charge on any atom is 0.279 e. The quantitative estimate of drug-likeness (QED) is 0.601. The Morgan fingerprint density at radius 3 is 2.79 bits per heavy atom. The highest BCUT2D eigenvalue weighted by atomic mass is 16.5. The molecule has 1 aromatic rings. The van der Waals surface area contributed by atoms with Gasteiger partial charge in [0.05, 0.1) is 12.7 Å². The standard InChI is InChI=1S/C13H15N3O3/c1-7-10(12(17)16-13(14)15)5-8-3-4-9(18-2)6-11(8)19-7/h3-7H,1-2H3,(H4,14,15,16,17). The summed E-state index contributed by atoms with van der Waals surface area (Å²) in [7, 11) is 1.58. The molecule has 0 aliphatic carbocycles. The molecule has 0 bridgehead atoms. The number of benzene rings is 1. The molecule has 0 saturated heterocycles. The number of nitrogens with two attached hydrogens (primary N) is 2. The molecule has 19 heavy (non-hydrogen) atoms. The van der Waals surface area contributed by atoms with Crippen molar-refractivity contribution >= 4 is 17.9 Å². The maximum absolute atomic E-state index is 11.8. The number of carbonyl (C=O) groups is 1. The largest absolute Gasteiger partial charge is 0.497 e. The Bertz CT molecular complexity index is 574. The van der Waals surface area contributed by atoms with Gasteiger partial charge < -0.3 is 20.9 Å². The molecule has 0 radical (unpaired) electrons. The summed E-state index contributed by atoms with van der Waals surface area (Å²) < 4.78 is 10.8. The third-order valence-electron chi connectivity index (χ3n) is 2.75. The first-order chi connectivity index (χ1) is 9.01. The summed E-state index contributed by atoms with van der Waals surface area (Å²) in [4.78, 5) is 15.3. The number of nitrogens with zero attached hydrogens (tertiary/aromatic N) is 1. The number of ether oxygens (including phenoxy) is 2. The van der Waals surface area contributed by atoms with Gasteiger partial charge in [-0.05, 0) is 25.1 Å². The number of amides is 1. The molecule has 1 amide bonds. The van der Waals surface area contributed by atoms with E-state index >= 15 is 0 Å². The van der Waals surface area contributed by atoms with Crippen molar-refractivity contribution in [3.05, 3.63) is 29.3 Å². The van der Waals surface area contributed by atoms with Crippen LogP contribution in [-0.2, 0) is 4.79 Å². The van der Waals surface area contributed by atoms with Crippen LogP contribution in [0, 0.1) is 0 Å². The second-order valence-corrected chi connectivity index (χ2v) is 4.11. The van der Waals surface area contributed by atoms with Gasteiger partial charge in [0.2, 0.25) is 0 Å². The Hall–Kier alpha value is -2.50. The molecule has 1 atom stereocenters. The zero-order valence-corrected chi connectivity index (χ0v) is 10.7. The second-order valence-electron chi connectivity index (χ2n) is 4.11. The highest BCUT2D eigenvalue weighted by Crippen LogP contribution is 2.33. The Balaban J connectivity index is 2.39. The Kier molecular flexibility index (Phi) is 3.41. The number of hydrogen-bond acceptors (Lipinski definition) is 3. The van der Waals surface area contributed by atoms with Crippen LogP contribution in [0.1, 0.15) is 12.5 Å². The molecule has 0 spiro atoms. The fourth-order valence-corrected chi connectivity index (χ4v) is 1.82. The van der Waals surface area contributed by atoms with Gasteiger partial charge in [-0.15, -0.1) is 0 Å². The van der Waals surface area contributed by atoms with Crippen molar-refractivity contribution < 1.29 is 14.3 Å². The summed E-state index contributed by atoms with van der Waals surface area (Å²) in [6, 6.07) is 5.37. The number of carbonyl (C=O) groups excluding carboxylic acids is 1. The molecule has 1 aliphatic heterocycles. The SMILES string of the molecule is COc1ccc2c(c1)OC(C)C(C(=O)N=C(N)N)=C2. The number of rotatable bonds is 2. The maximum atomic E-state index is 11.8. The molecule has 6 nitrogen and oxygen atoms in total. The van der Waals surface area contributed by atoms with E-state index in [1.165, 1.54) is 0 Å². The first-order valence-corrected chi connectivity index (χ1v) is 5.71. The molecule has 0 saturated carbocycles.